The van der Waals surface area contributed by atoms with Crippen molar-refractivity contribution in [1.29, 1.82) is 0 Å². The van der Waals surface area contributed by atoms with Gasteiger partial charge in [-0.1, -0.05) is 30.3 Å². The van der Waals surface area contributed by atoms with E-state index >= 15 is 0 Å². The number of amides is 2. The van der Waals surface area contributed by atoms with Gasteiger partial charge in [-0.2, -0.15) is 0 Å². The Labute approximate surface area is 180 Å². The van der Waals surface area contributed by atoms with Gasteiger partial charge in [0.25, 0.3) is 0 Å². The molecule has 1 saturated heterocycles. The van der Waals surface area contributed by atoms with E-state index in [1.165, 1.54) is 38.5 Å². The molecule has 5 nitrogen and oxygen atoms in total. The number of nitrogens with zero attached hydrogens (tertiary/aromatic N) is 1. The van der Waals surface area contributed by atoms with Crippen LogP contribution in [0, 0.1) is 23.2 Å². The van der Waals surface area contributed by atoms with Gasteiger partial charge in [-0.05, 0) is 86.6 Å². The molecule has 30 heavy (non-hydrogen) atoms. The van der Waals surface area contributed by atoms with Gasteiger partial charge in [0.15, 0.2) is 0 Å². The van der Waals surface area contributed by atoms with Crippen LogP contribution in [-0.4, -0.2) is 42.4 Å². The predicted molar refractivity (Wildman–Crippen MR) is 116 cm³/mol. The van der Waals surface area contributed by atoms with Crippen LogP contribution in [0.2, 0.25) is 0 Å². The zero-order valence-electron chi connectivity index (χ0n) is 17.9. The summed E-state index contributed by atoms with van der Waals surface area (Å²) in [5.41, 5.74) is 1.46. The molecule has 5 heteroatoms. The van der Waals surface area contributed by atoms with Crippen molar-refractivity contribution in [2.75, 3.05) is 19.6 Å². The molecule has 4 aliphatic carbocycles. The second-order valence-corrected chi connectivity index (χ2v) is 10.5. The Kier molecular flexibility index (Phi) is 5.57. The summed E-state index contributed by atoms with van der Waals surface area (Å²) >= 11 is 0. The molecule has 1 heterocycles. The van der Waals surface area contributed by atoms with Crippen LogP contribution < -0.4 is 10.6 Å². The lowest BCUT2D eigenvalue weighted by atomic mass is 9.49. The summed E-state index contributed by atoms with van der Waals surface area (Å²) in [7, 11) is 0. The van der Waals surface area contributed by atoms with Gasteiger partial charge < -0.3 is 10.6 Å². The summed E-state index contributed by atoms with van der Waals surface area (Å²) in [5.74, 6) is 2.86. The first kappa shape index (κ1) is 20.0. The van der Waals surface area contributed by atoms with E-state index in [0.29, 0.717) is 18.5 Å². The van der Waals surface area contributed by atoms with Gasteiger partial charge in [-0.3, -0.25) is 14.5 Å². The lowest BCUT2D eigenvalue weighted by Crippen LogP contribution is -2.52. The first-order chi connectivity index (χ1) is 14.6. The Morgan fingerprint density at radius 3 is 2.30 bits per heavy atom. The quantitative estimate of drug-likeness (QED) is 0.727. The van der Waals surface area contributed by atoms with Gasteiger partial charge in [-0.15, -0.1) is 0 Å². The molecular weight excluding hydrogens is 374 g/mol. The van der Waals surface area contributed by atoms with E-state index in [0.717, 1.165) is 49.2 Å². The minimum absolute atomic E-state index is 0.0465. The highest BCUT2D eigenvalue weighted by atomic mass is 16.2. The highest BCUT2D eigenvalue weighted by molar-refractivity contribution is 5.84. The van der Waals surface area contributed by atoms with E-state index in [4.69, 9.17) is 0 Å². The van der Waals surface area contributed by atoms with Crippen LogP contribution in [-0.2, 0) is 16.1 Å². The molecule has 5 aliphatic rings. The highest BCUT2D eigenvalue weighted by Gasteiger charge is 2.50. The fourth-order valence-corrected chi connectivity index (χ4v) is 7.25. The minimum atomic E-state index is -0.181. The lowest BCUT2D eigenvalue weighted by Gasteiger charge is -2.56. The third-order valence-corrected chi connectivity index (χ3v) is 8.15. The van der Waals surface area contributed by atoms with E-state index in [-0.39, 0.29) is 17.9 Å². The van der Waals surface area contributed by atoms with Gasteiger partial charge >= 0.3 is 0 Å². The second-order valence-electron chi connectivity index (χ2n) is 10.5. The van der Waals surface area contributed by atoms with Gasteiger partial charge in [0.1, 0.15) is 0 Å². The maximum Gasteiger partial charge on any atom is 0.237 e. The molecule has 2 amide bonds. The molecule has 1 atom stereocenters. The maximum atomic E-state index is 12.8. The van der Waals surface area contributed by atoms with Crippen molar-refractivity contribution in [2.24, 2.45) is 23.2 Å². The van der Waals surface area contributed by atoms with E-state index in [2.05, 4.69) is 15.5 Å². The minimum Gasteiger partial charge on any atom is -0.354 e. The highest BCUT2D eigenvalue weighted by Crippen LogP contribution is 2.59. The molecule has 1 aromatic rings. The van der Waals surface area contributed by atoms with Gasteiger partial charge in [-0.25, -0.2) is 0 Å². The van der Waals surface area contributed by atoms with Crippen LogP contribution in [0.5, 0.6) is 0 Å². The molecule has 162 valence electrons. The van der Waals surface area contributed by atoms with E-state index in [1.54, 1.807) is 0 Å². The summed E-state index contributed by atoms with van der Waals surface area (Å²) in [6.45, 7) is 2.56. The molecule has 1 aliphatic heterocycles. The predicted octanol–water partition coefficient (Wildman–Crippen LogP) is 3.10. The van der Waals surface area contributed by atoms with E-state index in [9.17, 15) is 9.59 Å². The number of benzene rings is 1. The Morgan fingerprint density at radius 1 is 0.967 bits per heavy atom. The number of nitrogens with one attached hydrogen (secondary N) is 2. The summed E-state index contributed by atoms with van der Waals surface area (Å²) < 4.78 is 0. The molecule has 4 bridgehead atoms. The topological polar surface area (TPSA) is 61.4 Å². The van der Waals surface area contributed by atoms with Crippen LogP contribution in [0.1, 0.15) is 56.9 Å². The van der Waals surface area contributed by atoms with Crippen LogP contribution in [0.3, 0.4) is 0 Å². The van der Waals surface area contributed by atoms with Crippen LogP contribution in [0.4, 0.5) is 0 Å². The third kappa shape index (κ3) is 4.27. The normalized spacial score (nSPS) is 34.8. The molecule has 2 N–H and O–H groups in total. The monoisotopic (exact) mass is 409 g/mol. The molecule has 0 aromatic heterocycles. The second kappa shape index (κ2) is 8.33. The standard InChI is InChI=1S/C25H35N3O2/c29-23(27-17-25-12-19-9-20(13-25)11-21(10-19)14-25)16-28-8-4-7-22(28)24(30)26-15-18-5-2-1-3-6-18/h1-3,5-6,19-22H,4,7-17H2,(H,26,30)(H,27,29)/t19?,20?,21?,22-,25?/m0/s1. The average molecular weight is 410 g/mol. The summed E-state index contributed by atoms with van der Waals surface area (Å²) in [6, 6.07) is 9.80. The fraction of sp³-hybridized carbons (Fsp3) is 0.680. The van der Waals surface area contributed by atoms with Gasteiger partial charge in [0.2, 0.25) is 11.8 Å². The smallest absolute Gasteiger partial charge is 0.237 e. The molecule has 4 saturated carbocycles. The number of carbonyl (C=O) groups is 2. The van der Waals surface area contributed by atoms with E-state index in [1.807, 2.05) is 30.3 Å². The number of likely N-dealkylation sites (tertiary alicyclic amines) is 1. The number of rotatable bonds is 7. The van der Waals surface area contributed by atoms with Crippen molar-refractivity contribution in [3.8, 4) is 0 Å². The van der Waals surface area contributed by atoms with Crippen LogP contribution in [0.25, 0.3) is 0 Å². The zero-order valence-corrected chi connectivity index (χ0v) is 17.9. The first-order valence-corrected chi connectivity index (χ1v) is 11.9. The van der Waals surface area contributed by atoms with Gasteiger partial charge in [0.05, 0.1) is 12.6 Å². The Morgan fingerprint density at radius 2 is 1.63 bits per heavy atom. The largest absolute Gasteiger partial charge is 0.354 e. The first-order valence-electron chi connectivity index (χ1n) is 11.9. The summed E-state index contributed by atoms with van der Waals surface area (Å²) in [4.78, 5) is 27.5. The van der Waals surface area contributed by atoms with Crippen molar-refractivity contribution in [3.63, 3.8) is 0 Å². The molecule has 0 spiro atoms. The maximum absolute atomic E-state index is 12.8. The fourth-order valence-electron chi connectivity index (χ4n) is 7.25. The van der Waals surface area contributed by atoms with E-state index < -0.39 is 0 Å². The zero-order chi connectivity index (χ0) is 20.6. The Bertz CT molecular complexity index is 743. The van der Waals surface area contributed by atoms with Crippen LogP contribution in [0.15, 0.2) is 30.3 Å². The third-order valence-electron chi connectivity index (χ3n) is 8.15. The van der Waals surface area contributed by atoms with Crippen molar-refractivity contribution in [1.82, 2.24) is 15.5 Å². The van der Waals surface area contributed by atoms with Gasteiger partial charge in [0, 0.05) is 13.1 Å². The Balaban J connectivity index is 1.11. The van der Waals surface area contributed by atoms with Crippen molar-refractivity contribution >= 4 is 11.8 Å². The average Bonchev–Trinajstić information content (AvgIpc) is 3.18. The summed E-state index contributed by atoms with van der Waals surface area (Å²) in [6.07, 6.45) is 10.0. The summed E-state index contributed by atoms with van der Waals surface area (Å²) in [5, 5.41) is 6.32. The molecule has 1 aromatic carbocycles. The number of carbonyl (C=O) groups excluding carboxylic acids is 2. The van der Waals surface area contributed by atoms with Crippen molar-refractivity contribution in [3.05, 3.63) is 35.9 Å². The molecular formula is C25H35N3O2. The van der Waals surface area contributed by atoms with Crippen molar-refractivity contribution in [2.45, 2.75) is 64.0 Å². The number of hydrogen-bond acceptors (Lipinski definition) is 3. The molecule has 0 unspecified atom stereocenters. The van der Waals surface area contributed by atoms with Crippen molar-refractivity contribution < 1.29 is 9.59 Å². The molecule has 0 radical (unpaired) electrons. The number of hydrogen-bond donors (Lipinski definition) is 2. The van der Waals surface area contributed by atoms with Crippen LogP contribution >= 0.6 is 0 Å². The molecule has 6 rings (SSSR count). The Hall–Kier alpha value is -1.88. The SMILES string of the molecule is O=C(CN1CCC[C@H]1C(=O)NCc1ccccc1)NCC12CC3CC(CC(C3)C1)C2. The molecule has 5 fully saturated rings. The lowest BCUT2D eigenvalue weighted by molar-refractivity contribution is -0.128.